The molecule has 1 atom stereocenters. The molecule has 0 saturated carbocycles. The normalized spacial score (nSPS) is 11.9. The number of benzene rings is 1. The molecule has 3 aromatic rings. The van der Waals surface area contributed by atoms with Gasteiger partial charge in [0, 0.05) is 23.6 Å². The number of aromatic nitrogens is 3. The Morgan fingerprint density at radius 1 is 1.21 bits per heavy atom. The average molecular weight is 340 g/mol. The first-order valence-electron chi connectivity index (χ1n) is 7.40. The van der Waals surface area contributed by atoms with Crippen LogP contribution in [-0.2, 0) is 4.79 Å². The van der Waals surface area contributed by atoms with Crippen molar-refractivity contribution in [2.45, 2.75) is 24.3 Å². The van der Waals surface area contributed by atoms with Crippen molar-refractivity contribution in [3.63, 3.8) is 0 Å². The minimum Gasteiger partial charge on any atom is -0.411 e. The van der Waals surface area contributed by atoms with E-state index in [1.807, 2.05) is 31.2 Å². The monoisotopic (exact) mass is 340 g/mol. The fraction of sp³-hybridized carbons (Fsp3) is 0.176. The van der Waals surface area contributed by atoms with E-state index in [1.54, 1.807) is 31.5 Å². The molecule has 1 amide bonds. The molecule has 0 aliphatic carbocycles. The second-order valence-electron chi connectivity index (χ2n) is 5.23. The van der Waals surface area contributed by atoms with Gasteiger partial charge in [0.2, 0.25) is 11.8 Å². The van der Waals surface area contributed by atoms with E-state index in [1.165, 1.54) is 11.8 Å². The van der Waals surface area contributed by atoms with E-state index in [4.69, 9.17) is 4.42 Å². The summed E-state index contributed by atoms with van der Waals surface area (Å²) in [6.07, 6.45) is 3.31. The summed E-state index contributed by atoms with van der Waals surface area (Å²) in [5.74, 6) is 0.292. The maximum atomic E-state index is 12.3. The van der Waals surface area contributed by atoms with Crippen LogP contribution in [0.3, 0.4) is 0 Å². The van der Waals surface area contributed by atoms with Crippen LogP contribution in [-0.4, -0.2) is 26.3 Å². The van der Waals surface area contributed by atoms with Crippen molar-refractivity contribution < 1.29 is 9.21 Å². The van der Waals surface area contributed by atoms with Gasteiger partial charge in [0.15, 0.2) is 0 Å². The molecule has 7 heteroatoms. The lowest BCUT2D eigenvalue weighted by atomic mass is 10.2. The molecule has 0 spiro atoms. The van der Waals surface area contributed by atoms with Crippen molar-refractivity contribution in [2.24, 2.45) is 0 Å². The van der Waals surface area contributed by atoms with Gasteiger partial charge < -0.3 is 9.73 Å². The fourth-order valence-corrected chi connectivity index (χ4v) is 2.72. The molecule has 0 fully saturated rings. The van der Waals surface area contributed by atoms with Crippen LogP contribution in [0, 0.1) is 6.92 Å². The van der Waals surface area contributed by atoms with Crippen LogP contribution in [0.25, 0.3) is 11.5 Å². The third-order valence-electron chi connectivity index (χ3n) is 3.27. The van der Waals surface area contributed by atoms with E-state index >= 15 is 0 Å². The molecule has 6 nitrogen and oxygen atoms in total. The maximum Gasteiger partial charge on any atom is 0.277 e. The van der Waals surface area contributed by atoms with Crippen molar-refractivity contribution in [1.82, 2.24) is 15.2 Å². The molecule has 2 heterocycles. The van der Waals surface area contributed by atoms with Crippen LogP contribution < -0.4 is 5.32 Å². The number of hydrogen-bond acceptors (Lipinski definition) is 6. The Kier molecular flexibility index (Phi) is 4.90. The van der Waals surface area contributed by atoms with Crippen molar-refractivity contribution in [1.29, 1.82) is 0 Å². The highest BCUT2D eigenvalue weighted by Crippen LogP contribution is 2.26. The van der Waals surface area contributed by atoms with Gasteiger partial charge in [0.05, 0.1) is 5.25 Å². The summed E-state index contributed by atoms with van der Waals surface area (Å²) in [4.78, 5) is 16.2. The standard InChI is InChI=1S/C17H16N4O2S/c1-11-4-3-5-14(10-11)19-15(22)12(2)24-17-21-20-16(23-17)13-6-8-18-9-7-13/h3-10,12H,1-2H3,(H,19,22)/t12-/m0/s1. The van der Waals surface area contributed by atoms with Crippen molar-refractivity contribution in [3.8, 4) is 11.5 Å². The number of thioether (sulfide) groups is 1. The number of nitrogens with one attached hydrogen (secondary N) is 1. The topological polar surface area (TPSA) is 80.9 Å². The number of nitrogens with zero attached hydrogens (tertiary/aromatic N) is 3. The van der Waals surface area contributed by atoms with E-state index in [0.29, 0.717) is 11.1 Å². The predicted octanol–water partition coefficient (Wildman–Crippen LogP) is 3.56. The summed E-state index contributed by atoms with van der Waals surface area (Å²) >= 11 is 1.22. The molecule has 2 aromatic heterocycles. The van der Waals surface area contributed by atoms with Crippen LogP contribution >= 0.6 is 11.8 Å². The summed E-state index contributed by atoms with van der Waals surface area (Å²) in [6, 6.07) is 11.2. The molecule has 0 radical (unpaired) electrons. The summed E-state index contributed by atoms with van der Waals surface area (Å²) in [6.45, 7) is 3.78. The Labute approximate surface area is 143 Å². The lowest BCUT2D eigenvalue weighted by Gasteiger charge is -2.10. The average Bonchev–Trinajstić information content (AvgIpc) is 3.04. The number of anilines is 1. The van der Waals surface area contributed by atoms with Crippen molar-refractivity contribution in [2.75, 3.05) is 5.32 Å². The zero-order chi connectivity index (χ0) is 16.9. The molecular weight excluding hydrogens is 324 g/mol. The van der Waals surface area contributed by atoms with E-state index < -0.39 is 0 Å². The fourth-order valence-electron chi connectivity index (χ4n) is 2.04. The number of pyridine rings is 1. The Balaban J connectivity index is 1.63. The van der Waals surface area contributed by atoms with Gasteiger partial charge in [0.25, 0.3) is 5.22 Å². The highest BCUT2D eigenvalue weighted by atomic mass is 32.2. The van der Waals surface area contributed by atoms with Gasteiger partial charge in [-0.2, -0.15) is 0 Å². The van der Waals surface area contributed by atoms with Crippen LogP contribution in [0.1, 0.15) is 12.5 Å². The first-order chi connectivity index (χ1) is 11.6. The molecule has 122 valence electrons. The van der Waals surface area contributed by atoms with Crippen LogP contribution in [0.4, 0.5) is 5.69 Å². The lowest BCUT2D eigenvalue weighted by molar-refractivity contribution is -0.115. The molecule has 0 bridgehead atoms. The smallest absolute Gasteiger partial charge is 0.277 e. The molecule has 3 rings (SSSR count). The second kappa shape index (κ2) is 7.27. The molecule has 0 unspecified atom stereocenters. The number of carbonyl (C=O) groups excluding carboxylic acids is 1. The van der Waals surface area contributed by atoms with Gasteiger partial charge >= 0.3 is 0 Å². The molecule has 1 N–H and O–H groups in total. The van der Waals surface area contributed by atoms with Gasteiger partial charge in [0.1, 0.15) is 0 Å². The number of carbonyl (C=O) groups is 1. The van der Waals surface area contributed by atoms with Crippen molar-refractivity contribution in [3.05, 3.63) is 54.4 Å². The number of aryl methyl sites for hydroxylation is 1. The second-order valence-corrected chi connectivity index (χ2v) is 6.52. The Morgan fingerprint density at radius 3 is 2.75 bits per heavy atom. The van der Waals surface area contributed by atoms with E-state index in [2.05, 4.69) is 20.5 Å². The summed E-state index contributed by atoms with van der Waals surface area (Å²) in [5.41, 5.74) is 2.66. The predicted molar refractivity (Wildman–Crippen MR) is 92.7 cm³/mol. The molecular formula is C17H16N4O2S. The molecule has 0 aliphatic rings. The minimum absolute atomic E-state index is 0.116. The Hall–Kier alpha value is -2.67. The van der Waals surface area contributed by atoms with E-state index in [0.717, 1.165) is 16.8 Å². The Morgan fingerprint density at radius 2 is 2.00 bits per heavy atom. The third-order valence-corrected chi connectivity index (χ3v) is 4.20. The third kappa shape index (κ3) is 3.99. The quantitative estimate of drug-likeness (QED) is 0.715. The summed E-state index contributed by atoms with van der Waals surface area (Å²) in [5, 5.41) is 10.9. The molecule has 1 aromatic carbocycles. The minimum atomic E-state index is -0.365. The SMILES string of the molecule is Cc1cccc(NC(=O)[C@H](C)Sc2nnc(-c3ccncc3)o2)c1. The van der Waals surface area contributed by atoms with E-state index in [-0.39, 0.29) is 11.2 Å². The van der Waals surface area contributed by atoms with Gasteiger partial charge in [-0.3, -0.25) is 9.78 Å². The highest BCUT2D eigenvalue weighted by molar-refractivity contribution is 8.00. The zero-order valence-corrected chi connectivity index (χ0v) is 14.1. The molecule has 24 heavy (non-hydrogen) atoms. The molecule has 0 aliphatic heterocycles. The number of amides is 1. The maximum absolute atomic E-state index is 12.3. The number of hydrogen-bond donors (Lipinski definition) is 1. The van der Waals surface area contributed by atoms with Gasteiger partial charge in [-0.1, -0.05) is 23.9 Å². The van der Waals surface area contributed by atoms with E-state index in [9.17, 15) is 4.79 Å². The van der Waals surface area contributed by atoms with Crippen LogP contribution in [0.2, 0.25) is 0 Å². The van der Waals surface area contributed by atoms with Gasteiger partial charge in [-0.25, -0.2) is 0 Å². The lowest BCUT2D eigenvalue weighted by Crippen LogP contribution is -2.22. The largest absolute Gasteiger partial charge is 0.411 e. The Bertz CT molecular complexity index is 835. The summed E-state index contributed by atoms with van der Waals surface area (Å²) < 4.78 is 5.59. The zero-order valence-electron chi connectivity index (χ0n) is 13.3. The van der Waals surface area contributed by atoms with Gasteiger partial charge in [-0.05, 0) is 43.7 Å². The molecule has 0 saturated heterocycles. The van der Waals surface area contributed by atoms with Crippen LogP contribution in [0.5, 0.6) is 0 Å². The summed E-state index contributed by atoms with van der Waals surface area (Å²) in [7, 11) is 0. The number of rotatable bonds is 5. The van der Waals surface area contributed by atoms with Crippen LogP contribution in [0.15, 0.2) is 58.4 Å². The highest BCUT2D eigenvalue weighted by Gasteiger charge is 2.19. The first kappa shape index (κ1) is 16.2. The first-order valence-corrected chi connectivity index (χ1v) is 8.28. The van der Waals surface area contributed by atoms with Gasteiger partial charge in [-0.15, -0.1) is 10.2 Å². The van der Waals surface area contributed by atoms with Crippen molar-refractivity contribution >= 4 is 23.4 Å².